The van der Waals surface area contributed by atoms with Crippen LogP contribution in [0.3, 0.4) is 0 Å². The highest BCUT2D eigenvalue weighted by Gasteiger charge is 2.10. The van der Waals surface area contributed by atoms with Gasteiger partial charge in [0.1, 0.15) is 11.6 Å². The molecule has 0 spiro atoms. The summed E-state index contributed by atoms with van der Waals surface area (Å²) >= 11 is 0. The van der Waals surface area contributed by atoms with Crippen LogP contribution in [0.4, 0.5) is 5.82 Å². The van der Waals surface area contributed by atoms with Crippen molar-refractivity contribution in [2.75, 3.05) is 5.32 Å². The molecule has 112 valence electrons. The standard InChI is InChI=1S/C16H22N4O/c1-11(2)14-8-15(19-16(18-14)12(3)4)17-9-13-6-5-7-20(21)10-13/h5-8,10-12H,9H2,1-4H3,(H,17,18,19). The minimum Gasteiger partial charge on any atom is -0.619 e. The van der Waals surface area contributed by atoms with Crippen LogP contribution in [0.2, 0.25) is 0 Å². The second-order valence-corrected chi connectivity index (χ2v) is 5.77. The van der Waals surface area contributed by atoms with E-state index in [4.69, 9.17) is 0 Å². The van der Waals surface area contributed by atoms with Crippen LogP contribution in [0.5, 0.6) is 0 Å². The molecule has 5 heteroatoms. The Morgan fingerprint density at radius 2 is 1.95 bits per heavy atom. The second kappa shape index (κ2) is 6.52. The molecule has 2 aromatic rings. The van der Waals surface area contributed by atoms with Crippen LogP contribution in [0.25, 0.3) is 0 Å². The summed E-state index contributed by atoms with van der Waals surface area (Å²) in [6, 6.07) is 5.63. The summed E-state index contributed by atoms with van der Waals surface area (Å²) in [4.78, 5) is 9.14. The van der Waals surface area contributed by atoms with Gasteiger partial charge < -0.3 is 10.5 Å². The average Bonchev–Trinajstić information content (AvgIpc) is 2.45. The Morgan fingerprint density at radius 3 is 2.57 bits per heavy atom. The molecule has 2 aromatic heterocycles. The van der Waals surface area contributed by atoms with Crippen molar-refractivity contribution in [1.82, 2.24) is 9.97 Å². The minimum atomic E-state index is 0.282. The molecule has 0 radical (unpaired) electrons. The minimum absolute atomic E-state index is 0.282. The van der Waals surface area contributed by atoms with E-state index in [1.807, 2.05) is 12.1 Å². The Kier molecular flexibility index (Phi) is 4.73. The van der Waals surface area contributed by atoms with Crippen LogP contribution in [0.15, 0.2) is 30.6 Å². The molecule has 21 heavy (non-hydrogen) atoms. The molecular formula is C16H22N4O. The van der Waals surface area contributed by atoms with Gasteiger partial charge in [0.2, 0.25) is 0 Å². The van der Waals surface area contributed by atoms with E-state index in [9.17, 15) is 5.21 Å². The number of hydrogen-bond acceptors (Lipinski definition) is 4. The summed E-state index contributed by atoms with van der Waals surface area (Å²) in [5.74, 6) is 2.28. The van der Waals surface area contributed by atoms with E-state index in [1.54, 1.807) is 12.3 Å². The number of pyridine rings is 1. The van der Waals surface area contributed by atoms with Gasteiger partial charge in [-0.3, -0.25) is 0 Å². The lowest BCUT2D eigenvalue weighted by atomic mass is 10.1. The number of nitrogens with zero attached hydrogens (tertiary/aromatic N) is 3. The van der Waals surface area contributed by atoms with E-state index in [2.05, 4.69) is 43.0 Å². The van der Waals surface area contributed by atoms with Crippen LogP contribution in [0.1, 0.15) is 56.6 Å². The first-order valence-electron chi connectivity index (χ1n) is 7.26. The first-order valence-corrected chi connectivity index (χ1v) is 7.26. The summed E-state index contributed by atoms with van der Waals surface area (Å²) in [5, 5.41) is 14.5. The molecule has 0 unspecified atom stereocenters. The fraction of sp³-hybridized carbons (Fsp3) is 0.438. The average molecular weight is 286 g/mol. The number of aromatic nitrogens is 3. The van der Waals surface area contributed by atoms with Gasteiger partial charge in [0.25, 0.3) is 0 Å². The van der Waals surface area contributed by atoms with Crippen molar-refractivity contribution < 1.29 is 4.73 Å². The van der Waals surface area contributed by atoms with Crippen LogP contribution in [0, 0.1) is 5.21 Å². The van der Waals surface area contributed by atoms with Gasteiger partial charge in [-0.25, -0.2) is 9.97 Å². The fourth-order valence-corrected chi connectivity index (χ4v) is 1.93. The Labute approximate surface area is 125 Å². The molecule has 0 aliphatic carbocycles. The third kappa shape index (κ3) is 4.15. The van der Waals surface area contributed by atoms with Gasteiger partial charge in [0, 0.05) is 35.9 Å². The summed E-state index contributed by atoms with van der Waals surface area (Å²) in [6.07, 6.45) is 3.03. The number of rotatable bonds is 5. The highest BCUT2D eigenvalue weighted by Crippen LogP contribution is 2.19. The van der Waals surface area contributed by atoms with E-state index in [0.29, 0.717) is 12.5 Å². The molecule has 0 aliphatic rings. The van der Waals surface area contributed by atoms with Crippen molar-refractivity contribution in [2.45, 2.75) is 46.1 Å². The molecule has 0 fully saturated rings. The van der Waals surface area contributed by atoms with E-state index in [-0.39, 0.29) is 5.92 Å². The highest BCUT2D eigenvalue weighted by molar-refractivity contribution is 5.38. The van der Waals surface area contributed by atoms with Gasteiger partial charge in [-0.15, -0.1) is 0 Å². The smallest absolute Gasteiger partial charge is 0.185 e. The Balaban J connectivity index is 2.19. The maximum absolute atomic E-state index is 11.3. The predicted octanol–water partition coefficient (Wildman–Crippen LogP) is 2.97. The zero-order valence-electron chi connectivity index (χ0n) is 13.0. The Bertz CT molecular complexity index is 585. The van der Waals surface area contributed by atoms with Crippen molar-refractivity contribution in [3.05, 3.63) is 52.9 Å². The Morgan fingerprint density at radius 1 is 1.19 bits per heavy atom. The van der Waals surface area contributed by atoms with Crippen molar-refractivity contribution in [2.24, 2.45) is 0 Å². The zero-order valence-corrected chi connectivity index (χ0v) is 13.0. The van der Waals surface area contributed by atoms with Gasteiger partial charge in [0.05, 0.1) is 0 Å². The molecule has 0 aromatic carbocycles. The third-order valence-corrected chi connectivity index (χ3v) is 3.18. The summed E-state index contributed by atoms with van der Waals surface area (Å²) < 4.78 is 0.802. The maximum atomic E-state index is 11.3. The predicted molar refractivity (Wildman–Crippen MR) is 82.9 cm³/mol. The number of hydrogen-bond donors (Lipinski definition) is 1. The van der Waals surface area contributed by atoms with Gasteiger partial charge in [-0.05, 0) is 12.0 Å². The monoisotopic (exact) mass is 286 g/mol. The lowest BCUT2D eigenvalue weighted by Gasteiger charge is -2.13. The van der Waals surface area contributed by atoms with Crippen molar-refractivity contribution >= 4 is 5.82 Å². The number of nitrogens with one attached hydrogen (secondary N) is 1. The van der Waals surface area contributed by atoms with Crippen molar-refractivity contribution in [3.8, 4) is 0 Å². The van der Waals surface area contributed by atoms with Crippen LogP contribution in [-0.4, -0.2) is 9.97 Å². The molecule has 0 saturated carbocycles. The number of anilines is 1. The summed E-state index contributed by atoms with van der Waals surface area (Å²) in [5.41, 5.74) is 1.95. The van der Waals surface area contributed by atoms with Gasteiger partial charge in [-0.2, -0.15) is 4.73 Å². The van der Waals surface area contributed by atoms with Crippen LogP contribution < -0.4 is 10.0 Å². The molecule has 0 amide bonds. The normalized spacial score (nSPS) is 11.1. The van der Waals surface area contributed by atoms with Crippen LogP contribution >= 0.6 is 0 Å². The Hall–Kier alpha value is -2.17. The molecule has 0 bridgehead atoms. The van der Waals surface area contributed by atoms with Gasteiger partial charge >= 0.3 is 0 Å². The maximum Gasteiger partial charge on any atom is 0.185 e. The molecule has 1 N–H and O–H groups in total. The quantitative estimate of drug-likeness (QED) is 0.678. The second-order valence-electron chi connectivity index (χ2n) is 5.77. The van der Waals surface area contributed by atoms with Gasteiger partial charge in [-0.1, -0.05) is 27.7 Å². The van der Waals surface area contributed by atoms with E-state index in [0.717, 1.165) is 27.6 Å². The highest BCUT2D eigenvalue weighted by atomic mass is 16.5. The molecule has 0 aliphatic heterocycles. The SMILES string of the molecule is CC(C)c1cc(NCc2ccc[n+]([O-])c2)nc(C(C)C)n1. The lowest BCUT2D eigenvalue weighted by molar-refractivity contribution is -0.605. The third-order valence-electron chi connectivity index (χ3n) is 3.18. The van der Waals surface area contributed by atoms with E-state index in [1.165, 1.54) is 6.20 Å². The van der Waals surface area contributed by atoms with Gasteiger partial charge in [0.15, 0.2) is 12.4 Å². The summed E-state index contributed by atoms with van der Waals surface area (Å²) in [7, 11) is 0. The first kappa shape index (κ1) is 15.2. The lowest BCUT2D eigenvalue weighted by Crippen LogP contribution is -2.25. The molecule has 2 rings (SSSR count). The molecular weight excluding hydrogens is 264 g/mol. The van der Waals surface area contributed by atoms with Crippen LogP contribution in [-0.2, 0) is 6.54 Å². The first-order chi connectivity index (χ1) is 9.95. The van der Waals surface area contributed by atoms with E-state index < -0.39 is 0 Å². The molecule has 0 saturated heterocycles. The zero-order chi connectivity index (χ0) is 15.4. The molecule has 0 atom stereocenters. The van der Waals surface area contributed by atoms with E-state index >= 15 is 0 Å². The van der Waals surface area contributed by atoms with Crippen molar-refractivity contribution in [3.63, 3.8) is 0 Å². The summed E-state index contributed by atoms with van der Waals surface area (Å²) in [6.45, 7) is 8.97. The largest absolute Gasteiger partial charge is 0.619 e. The fourth-order valence-electron chi connectivity index (χ4n) is 1.93. The van der Waals surface area contributed by atoms with Crippen molar-refractivity contribution in [1.29, 1.82) is 0 Å². The molecule has 5 nitrogen and oxygen atoms in total. The topological polar surface area (TPSA) is 64.8 Å². The molecule has 2 heterocycles.